The van der Waals surface area contributed by atoms with Crippen LogP contribution in [0.3, 0.4) is 0 Å². The molecular formula is C22H25N7O3S. The van der Waals surface area contributed by atoms with Crippen molar-refractivity contribution >= 4 is 39.2 Å². The Morgan fingerprint density at radius 3 is 2.45 bits per heavy atom. The third kappa shape index (κ3) is 4.19. The molecule has 0 aliphatic heterocycles. The second-order valence-electron chi connectivity index (χ2n) is 7.56. The van der Waals surface area contributed by atoms with Gasteiger partial charge in [-0.3, -0.25) is 18.7 Å². The second kappa shape index (κ2) is 9.02. The van der Waals surface area contributed by atoms with Gasteiger partial charge >= 0.3 is 5.69 Å². The molecule has 33 heavy (non-hydrogen) atoms. The number of carbonyl (C=O) groups is 1. The van der Waals surface area contributed by atoms with Crippen LogP contribution >= 0.6 is 11.3 Å². The van der Waals surface area contributed by atoms with Crippen LogP contribution in [-0.2, 0) is 25.4 Å². The van der Waals surface area contributed by atoms with Crippen LogP contribution in [-0.4, -0.2) is 42.7 Å². The lowest BCUT2D eigenvalue weighted by molar-refractivity contribution is -0.116. The fraction of sp³-hybridized carbons (Fsp3) is 0.318. The predicted octanol–water partition coefficient (Wildman–Crippen LogP) is 2.04. The Morgan fingerprint density at radius 1 is 1.09 bits per heavy atom. The molecule has 3 aromatic heterocycles. The van der Waals surface area contributed by atoms with Gasteiger partial charge in [-0.15, -0.1) is 11.3 Å². The van der Waals surface area contributed by atoms with Crippen LogP contribution in [0.1, 0.15) is 13.8 Å². The average molecular weight is 468 g/mol. The molecule has 1 N–H and O–H groups in total. The third-order valence-electron chi connectivity index (χ3n) is 5.57. The number of nitrogens with zero attached hydrogens (tertiary/aromatic N) is 6. The van der Waals surface area contributed by atoms with Gasteiger partial charge in [0.05, 0.1) is 12.0 Å². The molecule has 10 nitrogen and oxygen atoms in total. The Bertz CT molecular complexity index is 1430. The molecule has 0 fully saturated rings. The zero-order valence-electron chi connectivity index (χ0n) is 18.9. The molecule has 0 unspecified atom stereocenters. The first kappa shape index (κ1) is 22.5. The lowest BCUT2D eigenvalue weighted by Crippen LogP contribution is -2.37. The molecule has 1 amide bonds. The Morgan fingerprint density at radius 2 is 1.79 bits per heavy atom. The number of benzene rings is 1. The van der Waals surface area contributed by atoms with E-state index in [1.165, 1.54) is 40.9 Å². The Labute approximate surface area is 193 Å². The number of nitrogens with one attached hydrogen (secondary N) is 1. The first-order valence-electron chi connectivity index (χ1n) is 10.6. The number of hydrogen-bond acceptors (Lipinski definition) is 7. The van der Waals surface area contributed by atoms with Crippen LogP contribution in [0, 0.1) is 0 Å². The van der Waals surface area contributed by atoms with E-state index in [0.29, 0.717) is 5.13 Å². The molecule has 0 saturated carbocycles. The number of carbonyl (C=O) groups excluding carboxylic acids is 1. The van der Waals surface area contributed by atoms with Crippen LogP contribution in [0.15, 0.2) is 45.6 Å². The fourth-order valence-electron chi connectivity index (χ4n) is 3.73. The molecule has 0 aliphatic carbocycles. The zero-order valence-corrected chi connectivity index (χ0v) is 19.7. The molecule has 11 heteroatoms. The molecule has 0 bridgehead atoms. The van der Waals surface area contributed by atoms with Crippen LogP contribution < -0.4 is 21.5 Å². The smallest absolute Gasteiger partial charge is 0.332 e. The van der Waals surface area contributed by atoms with Gasteiger partial charge in [0.15, 0.2) is 16.3 Å². The Balaban J connectivity index is 1.50. The van der Waals surface area contributed by atoms with E-state index >= 15 is 0 Å². The van der Waals surface area contributed by atoms with Gasteiger partial charge in [0.25, 0.3) is 5.56 Å². The number of thiazole rings is 1. The maximum absolute atomic E-state index is 12.6. The van der Waals surface area contributed by atoms with Crippen molar-refractivity contribution < 1.29 is 4.79 Å². The molecule has 0 spiro atoms. The van der Waals surface area contributed by atoms with Crippen molar-refractivity contribution in [3.8, 4) is 11.3 Å². The highest BCUT2D eigenvalue weighted by molar-refractivity contribution is 7.14. The predicted molar refractivity (Wildman–Crippen MR) is 130 cm³/mol. The van der Waals surface area contributed by atoms with Gasteiger partial charge in [-0.05, 0) is 26.0 Å². The molecule has 172 valence electrons. The summed E-state index contributed by atoms with van der Waals surface area (Å²) in [5.41, 5.74) is 2.36. The van der Waals surface area contributed by atoms with Gasteiger partial charge in [0, 0.05) is 43.8 Å². The van der Waals surface area contributed by atoms with Crippen molar-refractivity contribution in [1.29, 1.82) is 0 Å². The Kier molecular flexibility index (Phi) is 6.14. The lowest BCUT2D eigenvalue weighted by Gasteiger charge is -2.20. The van der Waals surface area contributed by atoms with E-state index < -0.39 is 11.2 Å². The van der Waals surface area contributed by atoms with Crippen molar-refractivity contribution in [2.24, 2.45) is 14.1 Å². The maximum Gasteiger partial charge on any atom is 0.332 e. The van der Waals surface area contributed by atoms with E-state index in [0.717, 1.165) is 34.6 Å². The summed E-state index contributed by atoms with van der Waals surface area (Å²) in [5.74, 6) is -0.344. The summed E-state index contributed by atoms with van der Waals surface area (Å²) >= 11 is 1.33. The van der Waals surface area contributed by atoms with Crippen molar-refractivity contribution in [2.45, 2.75) is 20.4 Å². The van der Waals surface area contributed by atoms with Crippen LogP contribution in [0.4, 0.5) is 10.8 Å². The summed E-state index contributed by atoms with van der Waals surface area (Å²) in [6.45, 7) is 6.00. The molecule has 4 rings (SSSR count). The highest BCUT2D eigenvalue weighted by atomic mass is 32.1. The summed E-state index contributed by atoms with van der Waals surface area (Å²) in [5, 5.41) is 5.13. The lowest BCUT2D eigenvalue weighted by atomic mass is 10.1. The second-order valence-corrected chi connectivity index (χ2v) is 8.41. The number of rotatable bonds is 7. The van der Waals surface area contributed by atoms with E-state index in [2.05, 4.69) is 46.2 Å². The molecule has 0 aliphatic rings. The first-order valence-corrected chi connectivity index (χ1v) is 11.4. The minimum Gasteiger partial charge on any atom is -0.372 e. The van der Waals surface area contributed by atoms with E-state index in [1.807, 2.05) is 17.5 Å². The van der Waals surface area contributed by atoms with Crippen molar-refractivity contribution in [3.05, 3.63) is 56.8 Å². The van der Waals surface area contributed by atoms with Gasteiger partial charge in [0.1, 0.15) is 6.54 Å². The van der Waals surface area contributed by atoms with Crippen molar-refractivity contribution in [1.82, 2.24) is 23.7 Å². The highest BCUT2D eigenvalue weighted by Gasteiger charge is 2.17. The van der Waals surface area contributed by atoms with Gasteiger partial charge in [-0.2, -0.15) is 0 Å². The number of hydrogen-bond donors (Lipinski definition) is 1. The molecule has 0 atom stereocenters. The molecule has 0 radical (unpaired) electrons. The normalized spacial score (nSPS) is 11.2. The minimum absolute atomic E-state index is 0.128. The molecular weight excluding hydrogens is 442 g/mol. The average Bonchev–Trinajstić information content (AvgIpc) is 3.45. The van der Waals surface area contributed by atoms with Gasteiger partial charge in [-0.25, -0.2) is 14.8 Å². The fourth-order valence-corrected chi connectivity index (χ4v) is 4.46. The maximum atomic E-state index is 12.6. The monoisotopic (exact) mass is 467 g/mol. The number of aromatic nitrogens is 5. The van der Waals surface area contributed by atoms with Crippen molar-refractivity contribution in [3.63, 3.8) is 0 Å². The SMILES string of the molecule is CCN(CC)c1ccc(-c2csc(NC(=O)Cn3cnc4c3c(=O)n(C)c(=O)n4C)n2)cc1. The summed E-state index contributed by atoms with van der Waals surface area (Å²) in [6.07, 6.45) is 1.38. The van der Waals surface area contributed by atoms with Gasteiger partial charge < -0.3 is 14.8 Å². The number of anilines is 2. The molecule has 4 aromatic rings. The number of aryl methyl sites for hydroxylation is 1. The van der Waals surface area contributed by atoms with Gasteiger partial charge in [0.2, 0.25) is 5.91 Å². The molecule has 1 aromatic carbocycles. The van der Waals surface area contributed by atoms with Crippen LogP contribution in [0.25, 0.3) is 22.4 Å². The Hall–Kier alpha value is -3.73. The number of imidazole rings is 1. The largest absolute Gasteiger partial charge is 0.372 e. The van der Waals surface area contributed by atoms with E-state index in [9.17, 15) is 14.4 Å². The quantitative estimate of drug-likeness (QED) is 0.446. The highest BCUT2D eigenvalue weighted by Crippen LogP contribution is 2.27. The van der Waals surface area contributed by atoms with E-state index in [4.69, 9.17) is 0 Å². The topological polar surface area (TPSA) is 107 Å². The summed E-state index contributed by atoms with van der Waals surface area (Å²) in [7, 11) is 2.93. The summed E-state index contributed by atoms with van der Waals surface area (Å²) < 4.78 is 3.72. The summed E-state index contributed by atoms with van der Waals surface area (Å²) in [4.78, 5) is 48.1. The van der Waals surface area contributed by atoms with Crippen molar-refractivity contribution in [2.75, 3.05) is 23.3 Å². The van der Waals surface area contributed by atoms with Crippen LogP contribution in [0.5, 0.6) is 0 Å². The molecule has 0 saturated heterocycles. The first-order chi connectivity index (χ1) is 15.8. The minimum atomic E-state index is -0.497. The van der Waals surface area contributed by atoms with Gasteiger partial charge in [-0.1, -0.05) is 12.1 Å². The molecule has 3 heterocycles. The van der Waals surface area contributed by atoms with Crippen LogP contribution in [0.2, 0.25) is 0 Å². The van der Waals surface area contributed by atoms with E-state index in [1.54, 1.807) is 0 Å². The summed E-state index contributed by atoms with van der Waals surface area (Å²) in [6, 6.07) is 8.17. The standard InChI is InChI=1S/C22H25N7O3S/c1-5-28(6-2)15-9-7-14(8-10-15)16-12-33-21(24-16)25-17(30)11-29-13-23-19-18(29)20(31)27(4)22(32)26(19)3/h7-10,12-13H,5-6,11H2,1-4H3,(H,24,25,30). The zero-order chi connectivity index (χ0) is 23.7. The number of fused-ring (bicyclic) bond motifs is 1. The third-order valence-corrected chi connectivity index (χ3v) is 6.33. The van der Waals surface area contributed by atoms with E-state index in [-0.39, 0.29) is 23.6 Å². The number of amides is 1.